The van der Waals surface area contributed by atoms with Crippen molar-refractivity contribution < 1.29 is 19.1 Å². The molecule has 0 unspecified atom stereocenters. The third-order valence-corrected chi connectivity index (χ3v) is 8.72. The molecular formula is C30H35BrN4O4S. The highest BCUT2D eigenvalue weighted by atomic mass is 79.9. The Morgan fingerprint density at radius 3 is 2.20 bits per heavy atom. The number of amides is 1. The van der Waals surface area contributed by atoms with Crippen LogP contribution in [0.1, 0.15) is 61.7 Å². The molecule has 1 atom stereocenters. The largest absolute Gasteiger partial charge is 0.391 e. The summed E-state index contributed by atoms with van der Waals surface area (Å²) in [6.07, 6.45) is 3.51. The first kappa shape index (κ1) is 30.0. The van der Waals surface area contributed by atoms with Crippen LogP contribution in [0.2, 0.25) is 0 Å². The summed E-state index contributed by atoms with van der Waals surface area (Å²) in [4.78, 5) is 51.5. The third-order valence-electron chi connectivity index (χ3n) is 6.80. The molecule has 0 bridgehead atoms. The number of esters is 2. The average molecular weight is 628 g/mol. The average Bonchev–Trinajstić information content (AvgIpc) is 3.34. The van der Waals surface area contributed by atoms with E-state index in [-0.39, 0.29) is 29.2 Å². The van der Waals surface area contributed by atoms with E-state index in [4.69, 9.17) is 4.74 Å². The van der Waals surface area contributed by atoms with Crippen LogP contribution in [-0.4, -0.2) is 57.4 Å². The summed E-state index contributed by atoms with van der Waals surface area (Å²) in [5, 5.41) is 2.82. The van der Waals surface area contributed by atoms with Crippen molar-refractivity contribution in [2.75, 3.05) is 13.1 Å². The Hall–Kier alpha value is -2.95. The van der Waals surface area contributed by atoms with Gasteiger partial charge in [0.15, 0.2) is 5.82 Å². The molecular weight excluding hydrogens is 592 g/mol. The van der Waals surface area contributed by atoms with E-state index in [1.54, 1.807) is 18.5 Å². The van der Waals surface area contributed by atoms with Crippen molar-refractivity contribution in [3.63, 3.8) is 0 Å². The van der Waals surface area contributed by atoms with Crippen LogP contribution >= 0.6 is 27.3 Å². The molecule has 4 rings (SSSR count). The van der Waals surface area contributed by atoms with Gasteiger partial charge in [-0.05, 0) is 59.8 Å². The maximum Gasteiger partial charge on any atom is 0.336 e. The van der Waals surface area contributed by atoms with Crippen LogP contribution in [0, 0.1) is 5.92 Å². The summed E-state index contributed by atoms with van der Waals surface area (Å²) < 4.78 is 6.09. The predicted octanol–water partition coefficient (Wildman–Crippen LogP) is 5.41. The van der Waals surface area contributed by atoms with E-state index in [0.717, 1.165) is 20.5 Å². The number of halogens is 1. The van der Waals surface area contributed by atoms with Crippen molar-refractivity contribution in [3.8, 4) is 11.4 Å². The van der Waals surface area contributed by atoms with Crippen LogP contribution < -0.4 is 5.32 Å². The Labute approximate surface area is 247 Å². The minimum Gasteiger partial charge on any atom is -0.391 e. The Balaban J connectivity index is 1.48. The molecule has 212 valence electrons. The lowest BCUT2D eigenvalue weighted by Crippen LogP contribution is -2.59. The molecule has 40 heavy (non-hydrogen) atoms. The molecule has 0 radical (unpaired) electrons. The van der Waals surface area contributed by atoms with Crippen molar-refractivity contribution in [3.05, 3.63) is 68.6 Å². The minimum absolute atomic E-state index is 0.0582. The summed E-state index contributed by atoms with van der Waals surface area (Å²) in [5.41, 5.74) is 1.45. The van der Waals surface area contributed by atoms with Crippen molar-refractivity contribution >= 4 is 45.1 Å². The van der Waals surface area contributed by atoms with E-state index in [1.807, 2.05) is 30.3 Å². The smallest absolute Gasteiger partial charge is 0.336 e. The lowest BCUT2D eigenvalue weighted by Gasteiger charge is -2.46. The van der Waals surface area contributed by atoms with Crippen LogP contribution in [0.3, 0.4) is 0 Å². The highest BCUT2D eigenvalue weighted by molar-refractivity contribution is 9.10. The van der Waals surface area contributed by atoms with Gasteiger partial charge in [-0.25, -0.2) is 14.8 Å². The fraction of sp³-hybridized carbons (Fsp3) is 0.433. The third kappa shape index (κ3) is 7.41. The first-order chi connectivity index (χ1) is 18.7. The molecule has 0 saturated carbocycles. The van der Waals surface area contributed by atoms with Crippen LogP contribution in [0.15, 0.2) is 53.3 Å². The molecule has 0 spiro atoms. The number of nitrogens with one attached hydrogen (secondary N) is 1. The summed E-state index contributed by atoms with van der Waals surface area (Å²) in [6, 6.07) is 10.1. The van der Waals surface area contributed by atoms with Crippen molar-refractivity contribution in [1.82, 2.24) is 20.2 Å². The summed E-state index contributed by atoms with van der Waals surface area (Å²) in [6.45, 7) is 13.6. The number of thiophene rings is 1. The van der Waals surface area contributed by atoms with E-state index in [0.29, 0.717) is 23.8 Å². The van der Waals surface area contributed by atoms with E-state index in [1.165, 1.54) is 11.3 Å². The minimum atomic E-state index is -1.04. The Morgan fingerprint density at radius 1 is 1.02 bits per heavy atom. The van der Waals surface area contributed by atoms with Crippen molar-refractivity contribution in [2.45, 2.75) is 65.0 Å². The molecule has 0 aliphatic carbocycles. The van der Waals surface area contributed by atoms with Gasteiger partial charge in [-0.3, -0.25) is 14.5 Å². The number of nitrogens with zero attached hydrogens (tertiary/aromatic N) is 3. The molecule has 1 aliphatic heterocycles. The van der Waals surface area contributed by atoms with Gasteiger partial charge in [0, 0.05) is 47.9 Å². The van der Waals surface area contributed by atoms with Crippen molar-refractivity contribution in [1.29, 1.82) is 0 Å². The van der Waals surface area contributed by atoms with E-state index >= 15 is 0 Å². The molecule has 10 heteroatoms. The van der Waals surface area contributed by atoms with Gasteiger partial charge in [0.1, 0.15) is 6.04 Å². The molecule has 1 fully saturated rings. The van der Waals surface area contributed by atoms with E-state index < -0.39 is 18.0 Å². The number of hydrogen-bond acceptors (Lipinski definition) is 8. The molecule has 1 aromatic carbocycles. The fourth-order valence-corrected chi connectivity index (χ4v) is 5.37. The molecule has 3 aromatic rings. The van der Waals surface area contributed by atoms with Gasteiger partial charge in [0.25, 0.3) is 5.91 Å². The van der Waals surface area contributed by atoms with E-state index in [2.05, 4.69) is 77.7 Å². The SMILES string of the molecule is CC(C)(C)c1ccc(C(=O)N[C@@H](Cc2ccc(-c3ncc(Br)cn3)cc2)C(=O)OC(=O)C2CN(C(C)(C)C)C2)s1. The Bertz CT molecular complexity index is 1370. The maximum absolute atomic E-state index is 13.2. The second kappa shape index (κ2) is 11.9. The number of carbonyl (C=O) groups excluding carboxylic acids is 3. The zero-order valence-corrected chi connectivity index (χ0v) is 26.1. The second-order valence-corrected chi connectivity index (χ2v) is 14.1. The normalized spacial score (nSPS) is 15.3. The zero-order valence-electron chi connectivity index (χ0n) is 23.7. The predicted molar refractivity (Wildman–Crippen MR) is 159 cm³/mol. The number of carbonyl (C=O) groups is 3. The Kier molecular flexibility index (Phi) is 8.92. The van der Waals surface area contributed by atoms with Crippen LogP contribution in [0.4, 0.5) is 0 Å². The summed E-state index contributed by atoms with van der Waals surface area (Å²) >= 11 is 4.72. The number of aromatic nitrogens is 2. The topological polar surface area (TPSA) is 101 Å². The molecule has 8 nitrogen and oxygen atoms in total. The van der Waals surface area contributed by atoms with Crippen molar-refractivity contribution in [2.24, 2.45) is 5.92 Å². The highest BCUT2D eigenvalue weighted by Crippen LogP contribution is 2.30. The van der Waals surface area contributed by atoms with Gasteiger partial charge >= 0.3 is 11.9 Å². The zero-order chi connectivity index (χ0) is 29.2. The van der Waals surface area contributed by atoms with Gasteiger partial charge in [-0.2, -0.15) is 0 Å². The van der Waals surface area contributed by atoms with Gasteiger partial charge in [-0.1, -0.05) is 45.0 Å². The number of benzene rings is 1. The van der Waals surface area contributed by atoms with Gasteiger partial charge in [0.05, 0.1) is 15.3 Å². The molecule has 1 amide bonds. The van der Waals surface area contributed by atoms with Crippen LogP contribution in [0.5, 0.6) is 0 Å². The van der Waals surface area contributed by atoms with Gasteiger partial charge in [0.2, 0.25) is 0 Å². The summed E-state index contributed by atoms with van der Waals surface area (Å²) in [5.74, 6) is -1.49. The molecule has 2 aromatic heterocycles. The van der Waals surface area contributed by atoms with E-state index in [9.17, 15) is 14.4 Å². The summed E-state index contributed by atoms with van der Waals surface area (Å²) in [7, 11) is 0. The molecule has 1 aliphatic rings. The second-order valence-electron chi connectivity index (χ2n) is 12.1. The molecule has 1 N–H and O–H groups in total. The first-order valence-electron chi connectivity index (χ1n) is 13.2. The highest BCUT2D eigenvalue weighted by Gasteiger charge is 2.40. The number of ether oxygens (including phenoxy) is 1. The monoisotopic (exact) mass is 626 g/mol. The fourth-order valence-electron chi connectivity index (χ4n) is 4.20. The molecule has 3 heterocycles. The maximum atomic E-state index is 13.2. The number of likely N-dealkylation sites (tertiary alicyclic amines) is 1. The lowest BCUT2D eigenvalue weighted by molar-refractivity contribution is -0.169. The first-order valence-corrected chi connectivity index (χ1v) is 14.8. The standard InChI is InChI=1S/C30H35BrN4O4S/c1-29(2,3)24-12-11-23(40-24)26(36)34-22(28(38)39-27(37)20-16-35(17-20)30(4,5)6)13-18-7-9-19(10-8-18)25-32-14-21(31)15-33-25/h7-12,14-15,20,22H,13,16-17H2,1-6H3,(H,34,36)/t22-/m0/s1. The number of hydrogen-bond donors (Lipinski definition) is 1. The lowest BCUT2D eigenvalue weighted by atomic mass is 9.92. The van der Waals surface area contributed by atoms with Crippen LogP contribution in [0.25, 0.3) is 11.4 Å². The van der Waals surface area contributed by atoms with Gasteiger partial charge in [-0.15, -0.1) is 11.3 Å². The molecule has 1 saturated heterocycles. The quantitative estimate of drug-likeness (QED) is 0.276. The Morgan fingerprint density at radius 2 is 1.65 bits per heavy atom. The van der Waals surface area contributed by atoms with Gasteiger partial charge < -0.3 is 10.1 Å². The number of rotatable bonds is 7. The van der Waals surface area contributed by atoms with Crippen LogP contribution in [-0.2, 0) is 26.2 Å².